The minimum atomic E-state index is -0.0217. The van der Waals surface area contributed by atoms with E-state index < -0.39 is 0 Å². The molecule has 0 fully saturated rings. The highest BCUT2D eigenvalue weighted by atomic mass is 35.5. The molecule has 1 aromatic heterocycles. The van der Waals surface area contributed by atoms with Crippen molar-refractivity contribution in [3.8, 4) is 11.4 Å². The zero-order valence-corrected chi connectivity index (χ0v) is 18.9. The number of hydrogen-bond donors (Lipinski definition) is 0. The van der Waals surface area contributed by atoms with Crippen LogP contribution in [-0.4, -0.2) is 65.8 Å². The zero-order chi connectivity index (χ0) is 22.0. The Hall–Kier alpha value is -2.83. The highest BCUT2D eigenvalue weighted by Gasteiger charge is 2.27. The van der Waals surface area contributed by atoms with Gasteiger partial charge in [0.1, 0.15) is 6.61 Å². The fourth-order valence-corrected chi connectivity index (χ4v) is 4.01. The summed E-state index contributed by atoms with van der Waals surface area (Å²) in [6.07, 6.45) is 4.36. The molecule has 0 unspecified atom stereocenters. The number of hydrogen-bond acceptors (Lipinski definition) is 4. The Morgan fingerprint density at radius 3 is 2.68 bits per heavy atom. The molecular formula is C24H27ClN4O2. The van der Waals surface area contributed by atoms with Crippen molar-refractivity contribution in [3.63, 3.8) is 0 Å². The van der Waals surface area contributed by atoms with Crippen LogP contribution in [0.5, 0.6) is 5.75 Å². The third-order valence-electron chi connectivity index (χ3n) is 5.62. The van der Waals surface area contributed by atoms with Crippen molar-refractivity contribution in [1.29, 1.82) is 0 Å². The number of aromatic nitrogens is 2. The lowest BCUT2D eigenvalue weighted by atomic mass is 9.96. The van der Waals surface area contributed by atoms with Crippen LogP contribution in [0.1, 0.15) is 27.0 Å². The molecule has 0 radical (unpaired) electrons. The Morgan fingerprint density at radius 2 is 2.00 bits per heavy atom. The van der Waals surface area contributed by atoms with E-state index in [0.717, 1.165) is 28.9 Å². The molecule has 0 N–H and O–H groups in total. The molecule has 2 heterocycles. The summed E-state index contributed by atoms with van der Waals surface area (Å²) < 4.78 is 7.74. The van der Waals surface area contributed by atoms with Gasteiger partial charge in [-0.3, -0.25) is 4.79 Å². The number of carbonyl (C=O) groups excluding carboxylic acids is 1. The lowest BCUT2D eigenvalue weighted by Gasteiger charge is -2.22. The van der Waals surface area contributed by atoms with Gasteiger partial charge in [0.2, 0.25) is 0 Å². The average Bonchev–Trinajstić information content (AvgIpc) is 3.24. The molecule has 7 heteroatoms. The van der Waals surface area contributed by atoms with E-state index in [1.165, 1.54) is 0 Å². The SMILES string of the molecule is Cc1c(Cc2ccc(-n3cccn3)cc2)cc2c(c1Cl)OCCN(CCN(C)C)C2=O. The summed E-state index contributed by atoms with van der Waals surface area (Å²) in [7, 11) is 4.01. The molecule has 0 saturated carbocycles. The molecule has 4 rings (SSSR count). The molecule has 6 nitrogen and oxygen atoms in total. The second-order valence-corrected chi connectivity index (χ2v) is 8.47. The predicted molar refractivity (Wildman–Crippen MR) is 123 cm³/mol. The van der Waals surface area contributed by atoms with Crippen LogP contribution in [-0.2, 0) is 6.42 Å². The molecule has 0 atom stereocenters. The molecule has 0 spiro atoms. The van der Waals surface area contributed by atoms with Gasteiger partial charge in [0, 0.05) is 25.5 Å². The standard InChI is InChI=1S/C24H27ClN4O2/c1-17-19(15-18-5-7-20(8-6-18)29-10-4-9-26-29)16-21-23(22(17)25)31-14-13-28(24(21)30)12-11-27(2)3/h4-10,16H,11-15H2,1-3H3. The molecule has 0 aliphatic carbocycles. The van der Waals surface area contributed by atoms with Gasteiger partial charge in [0.15, 0.2) is 5.75 Å². The fraction of sp³-hybridized carbons (Fsp3) is 0.333. The monoisotopic (exact) mass is 438 g/mol. The summed E-state index contributed by atoms with van der Waals surface area (Å²) in [5.74, 6) is 0.487. The van der Waals surface area contributed by atoms with Gasteiger partial charge >= 0.3 is 0 Å². The summed E-state index contributed by atoms with van der Waals surface area (Å²) in [5.41, 5.74) is 4.68. The van der Waals surface area contributed by atoms with Gasteiger partial charge in [-0.1, -0.05) is 23.7 Å². The minimum absolute atomic E-state index is 0.0217. The molecule has 1 amide bonds. The van der Waals surface area contributed by atoms with Gasteiger partial charge in [-0.25, -0.2) is 4.68 Å². The Labute approximate surface area is 188 Å². The number of carbonyl (C=O) groups is 1. The van der Waals surface area contributed by atoms with Gasteiger partial charge in [0.05, 0.1) is 22.8 Å². The Morgan fingerprint density at radius 1 is 1.23 bits per heavy atom. The third kappa shape index (κ3) is 4.60. The van der Waals surface area contributed by atoms with E-state index in [0.29, 0.717) is 42.5 Å². The van der Waals surface area contributed by atoms with Crippen LogP contribution < -0.4 is 4.74 Å². The number of fused-ring (bicyclic) bond motifs is 1. The number of benzene rings is 2. The fourth-order valence-electron chi connectivity index (χ4n) is 3.73. The van der Waals surface area contributed by atoms with Gasteiger partial charge in [-0.2, -0.15) is 5.10 Å². The maximum atomic E-state index is 13.3. The van der Waals surface area contributed by atoms with Crippen LogP contribution in [0.25, 0.3) is 5.69 Å². The van der Waals surface area contributed by atoms with E-state index in [1.54, 1.807) is 6.20 Å². The van der Waals surface area contributed by atoms with Crippen molar-refractivity contribution in [3.05, 3.63) is 76.1 Å². The third-order valence-corrected chi connectivity index (χ3v) is 6.07. The number of rotatable bonds is 6. The smallest absolute Gasteiger partial charge is 0.257 e. The first kappa shape index (κ1) is 21.4. The first-order valence-electron chi connectivity index (χ1n) is 10.4. The first-order valence-corrected chi connectivity index (χ1v) is 10.8. The topological polar surface area (TPSA) is 50.6 Å². The van der Waals surface area contributed by atoms with Gasteiger partial charge in [-0.15, -0.1) is 0 Å². The van der Waals surface area contributed by atoms with Crippen molar-refractivity contribution >= 4 is 17.5 Å². The number of nitrogens with zero attached hydrogens (tertiary/aromatic N) is 4. The average molecular weight is 439 g/mol. The van der Waals surface area contributed by atoms with Crippen molar-refractivity contribution in [1.82, 2.24) is 19.6 Å². The van der Waals surface area contributed by atoms with E-state index in [4.69, 9.17) is 16.3 Å². The van der Waals surface area contributed by atoms with Crippen molar-refractivity contribution < 1.29 is 9.53 Å². The van der Waals surface area contributed by atoms with Crippen LogP contribution in [0.3, 0.4) is 0 Å². The molecule has 2 aromatic carbocycles. The van der Waals surface area contributed by atoms with Crippen LogP contribution in [0, 0.1) is 6.92 Å². The van der Waals surface area contributed by atoms with E-state index >= 15 is 0 Å². The quantitative estimate of drug-likeness (QED) is 0.587. The molecule has 0 saturated heterocycles. The summed E-state index contributed by atoms with van der Waals surface area (Å²) in [5, 5.41) is 4.80. The lowest BCUT2D eigenvalue weighted by Crippen LogP contribution is -2.37. The first-order chi connectivity index (χ1) is 14.9. The summed E-state index contributed by atoms with van der Waals surface area (Å²) in [4.78, 5) is 17.2. The van der Waals surface area contributed by atoms with E-state index in [9.17, 15) is 4.79 Å². The Balaban J connectivity index is 1.61. The van der Waals surface area contributed by atoms with Crippen LogP contribution >= 0.6 is 11.6 Å². The molecule has 0 bridgehead atoms. The molecule has 1 aliphatic heterocycles. The second kappa shape index (κ2) is 9.12. The van der Waals surface area contributed by atoms with Gasteiger partial charge in [0.25, 0.3) is 5.91 Å². The van der Waals surface area contributed by atoms with E-state index in [2.05, 4.69) is 22.1 Å². The number of halogens is 1. The van der Waals surface area contributed by atoms with Crippen LogP contribution in [0.2, 0.25) is 5.02 Å². The van der Waals surface area contributed by atoms with E-state index in [1.807, 2.05) is 61.1 Å². The Bertz CT molecular complexity index is 1060. The summed E-state index contributed by atoms with van der Waals surface area (Å²) in [6.45, 7) is 4.44. The second-order valence-electron chi connectivity index (χ2n) is 8.09. The molecule has 3 aromatic rings. The molecule has 31 heavy (non-hydrogen) atoms. The maximum Gasteiger partial charge on any atom is 0.257 e. The highest BCUT2D eigenvalue weighted by molar-refractivity contribution is 6.33. The number of likely N-dealkylation sites (N-methyl/N-ethyl adjacent to an activating group) is 1. The minimum Gasteiger partial charge on any atom is -0.489 e. The number of ether oxygens (including phenoxy) is 1. The van der Waals surface area contributed by atoms with Crippen molar-refractivity contribution in [2.45, 2.75) is 13.3 Å². The van der Waals surface area contributed by atoms with Gasteiger partial charge in [-0.05, 0) is 68.4 Å². The maximum absolute atomic E-state index is 13.3. The molecular weight excluding hydrogens is 412 g/mol. The normalized spacial score (nSPS) is 13.8. The van der Waals surface area contributed by atoms with Crippen molar-refractivity contribution in [2.75, 3.05) is 40.3 Å². The van der Waals surface area contributed by atoms with Gasteiger partial charge < -0.3 is 14.5 Å². The zero-order valence-electron chi connectivity index (χ0n) is 18.1. The molecule has 1 aliphatic rings. The van der Waals surface area contributed by atoms with Crippen molar-refractivity contribution in [2.24, 2.45) is 0 Å². The largest absolute Gasteiger partial charge is 0.489 e. The van der Waals surface area contributed by atoms with E-state index in [-0.39, 0.29) is 5.91 Å². The lowest BCUT2D eigenvalue weighted by molar-refractivity contribution is 0.0744. The highest BCUT2D eigenvalue weighted by Crippen LogP contribution is 2.37. The summed E-state index contributed by atoms with van der Waals surface area (Å²) in [6, 6.07) is 12.1. The number of amides is 1. The predicted octanol–water partition coefficient (Wildman–Crippen LogP) is 3.82. The summed E-state index contributed by atoms with van der Waals surface area (Å²) >= 11 is 6.67. The molecule has 162 valence electrons. The van der Waals surface area contributed by atoms with Crippen LogP contribution in [0.4, 0.5) is 0 Å². The Kier molecular flexibility index (Phi) is 6.30. The van der Waals surface area contributed by atoms with Crippen LogP contribution in [0.15, 0.2) is 48.8 Å².